The van der Waals surface area contributed by atoms with Gasteiger partial charge >= 0.3 is 0 Å². The summed E-state index contributed by atoms with van der Waals surface area (Å²) in [4.78, 5) is 27.5. The normalized spacial score (nSPS) is 12.3. The van der Waals surface area contributed by atoms with Crippen LogP contribution in [-0.4, -0.2) is 40.6 Å². The zero-order valence-corrected chi connectivity index (χ0v) is 19.7. The molecule has 0 saturated carbocycles. The molecule has 2 aromatic carbocycles. The van der Waals surface area contributed by atoms with Crippen LogP contribution in [0.2, 0.25) is 5.02 Å². The van der Waals surface area contributed by atoms with Crippen molar-refractivity contribution in [3.8, 4) is 0 Å². The van der Waals surface area contributed by atoms with E-state index in [0.717, 1.165) is 11.1 Å². The molecule has 0 bridgehead atoms. The summed E-state index contributed by atoms with van der Waals surface area (Å²) < 4.78 is 0. The second kappa shape index (κ2) is 11.4. The van der Waals surface area contributed by atoms with E-state index in [4.69, 9.17) is 11.6 Å². The third-order valence-electron chi connectivity index (χ3n) is 4.59. The van der Waals surface area contributed by atoms with Crippen LogP contribution in [0.25, 0.3) is 0 Å². The molecule has 4 nitrogen and oxygen atoms in total. The van der Waals surface area contributed by atoms with Gasteiger partial charge in [-0.1, -0.05) is 60.1 Å². The van der Waals surface area contributed by atoms with Crippen LogP contribution in [-0.2, 0) is 21.8 Å². The van der Waals surface area contributed by atoms with Crippen molar-refractivity contribution in [3.05, 3.63) is 70.7 Å². The van der Waals surface area contributed by atoms with Crippen LogP contribution in [0.1, 0.15) is 38.8 Å². The maximum absolute atomic E-state index is 13.0. The Balaban J connectivity index is 2.03. The molecule has 6 heteroatoms. The van der Waals surface area contributed by atoms with Crippen molar-refractivity contribution >= 4 is 35.2 Å². The van der Waals surface area contributed by atoms with Crippen LogP contribution in [0.3, 0.4) is 0 Å². The van der Waals surface area contributed by atoms with Gasteiger partial charge in [0, 0.05) is 22.9 Å². The number of nitrogens with one attached hydrogen (secondary N) is 1. The first-order valence-corrected chi connectivity index (χ1v) is 11.7. The fourth-order valence-electron chi connectivity index (χ4n) is 2.99. The van der Waals surface area contributed by atoms with E-state index >= 15 is 0 Å². The van der Waals surface area contributed by atoms with Crippen molar-refractivity contribution in [2.24, 2.45) is 0 Å². The minimum Gasteiger partial charge on any atom is -0.350 e. The highest BCUT2D eigenvalue weighted by Gasteiger charge is 2.27. The Morgan fingerprint density at radius 1 is 1.07 bits per heavy atom. The van der Waals surface area contributed by atoms with Gasteiger partial charge in [-0.3, -0.25) is 9.59 Å². The van der Waals surface area contributed by atoms with Gasteiger partial charge in [-0.25, -0.2) is 0 Å². The van der Waals surface area contributed by atoms with Crippen molar-refractivity contribution < 1.29 is 9.59 Å². The molecule has 0 fully saturated rings. The van der Waals surface area contributed by atoms with Crippen molar-refractivity contribution in [2.75, 3.05) is 12.3 Å². The maximum atomic E-state index is 13.0. The largest absolute Gasteiger partial charge is 0.350 e. The standard InChI is InChI=1S/C24H31ClN2O2S/c1-18(23(29)26-24(2,3)4)27(15-14-19-10-6-5-7-11-19)22(28)17-30-16-20-12-8-9-13-21(20)25/h5-13,18H,14-17H2,1-4H3,(H,26,29)/t18-/m1/s1. The molecule has 0 saturated heterocycles. The number of benzene rings is 2. The average Bonchev–Trinajstić information content (AvgIpc) is 2.69. The predicted octanol–water partition coefficient (Wildman–Crippen LogP) is 4.95. The highest BCUT2D eigenvalue weighted by atomic mass is 35.5. The Labute approximate surface area is 189 Å². The van der Waals surface area contributed by atoms with Gasteiger partial charge in [0.25, 0.3) is 0 Å². The second-order valence-electron chi connectivity index (χ2n) is 8.32. The van der Waals surface area contributed by atoms with Crippen LogP contribution in [0.4, 0.5) is 0 Å². The molecular formula is C24H31ClN2O2S. The third-order valence-corrected chi connectivity index (χ3v) is 5.93. The van der Waals surface area contributed by atoms with E-state index in [9.17, 15) is 9.59 Å². The number of hydrogen-bond acceptors (Lipinski definition) is 3. The van der Waals surface area contributed by atoms with Crippen molar-refractivity contribution in [1.82, 2.24) is 10.2 Å². The minimum atomic E-state index is -0.540. The topological polar surface area (TPSA) is 49.4 Å². The molecule has 2 rings (SSSR count). The van der Waals surface area contributed by atoms with Gasteiger partial charge in [-0.05, 0) is 51.3 Å². The fourth-order valence-corrected chi connectivity index (χ4v) is 4.19. The molecule has 2 amide bonds. The number of thioether (sulfide) groups is 1. The average molecular weight is 447 g/mol. The van der Waals surface area contributed by atoms with Gasteiger partial charge in [-0.2, -0.15) is 0 Å². The first-order valence-electron chi connectivity index (χ1n) is 10.1. The Morgan fingerprint density at radius 2 is 1.70 bits per heavy atom. The lowest BCUT2D eigenvalue weighted by atomic mass is 10.1. The lowest BCUT2D eigenvalue weighted by Gasteiger charge is -2.31. The molecule has 0 aliphatic heterocycles. The van der Waals surface area contributed by atoms with Crippen LogP contribution in [0, 0.1) is 0 Å². The lowest BCUT2D eigenvalue weighted by Crippen LogP contribution is -2.53. The zero-order chi connectivity index (χ0) is 22.1. The molecule has 2 aromatic rings. The van der Waals surface area contributed by atoms with E-state index in [-0.39, 0.29) is 17.4 Å². The number of rotatable bonds is 9. The van der Waals surface area contributed by atoms with Gasteiger partial charge in [0.2, 0.25) is 11.8 Å². The molecule has 0 radical (unpaired) electrons. The molecule has 30 heavy (non-hydrogen) atoms. The molecule has 162 valence electrons. The van der Waals surface area contributed by atoms with Gasteiger partial charge < -0.3 is 10.2 Å². The summed E-state index contributed by atoms with van der Waals surface area (Å²) in [6, 6.07) is 17.1. The van der Waals surface area contributed by atoms with Crippen LogP contribution in [0.15, 0.2) is 54.6 Å². The summed E-state index contributed by atoms with van der Waals surface area (Å²) in [6.45, 7) is 8.10. The smallest absolute Gasteiger partial charge is 0.242 e. The Hall–Kier alpha value is -1.98. The molecule has 1 N–H and O–H groups in total. The van der Waals surface area contributed by atoms with Gasteiger partial charge in [-0.15, -0.1) is 11.8 Å². The second-order valence-corrected chi connectivity index (χ2v) is 9.71. The van der Waals surface area contributed by atoms with Crippen molar-refractivity contribution in [3.63, 3.8) is 0 Å². The van der Waals surface area contributed by atoms with Crippen molar-refractivity contribution in [2.45, 2.75) is 51.4 Å². The van der Waals surface area contributed by atoms with E-state index in [1.165, 1.54) is 11.8 Å². The van der Waals surface area contributed by atoms with Gasteiger partial charge in [0.05, 0.1) is 5.75 Å². The molecule has 0 unspecified atom stereocenters. The summed E-state index contributed by atoms with van der Waals surface area (Å²) in [7, 11) is 0. The van der Waals surface area contributed by atoms with Gasteiger partial charge in [0.1, 0.15) is 6.04 Å². The zero-order valence-electron chi connectivity index (χ0n) is 18.2. The number of carbonyl (C=O) groups is 2. The molecular weight excluding hydrogens is 416 g/mol. The van der Waals surface area contributed by atoms with E-state index < -0.39 is 6.04 Å². The number of halogens is 1. The van der Waals surface area contributed by atoms with E-state index in [2.05, 4.69) is 5.32 Å². The Bertz CT molecular complexity index is 837. The summed E-state index contributed by atoms with van der Waals surface area (Å²) in [5, 5.41) is 3.69. The molecule has 0 aromatic heterocycles. The van der Waals surface area contributed by atoms with E-state index in [0.29, 0.717) is 29.5 Å². The molecule has 0 spiro atoms. The highest BCUT2D eigenvalue weighted by molar-refractivity contribution is 7.99. The lowest BCUT2D eigenvalue weighted by molar-refractivity contribution is -0.138. The third kappa shape index (κ3) is 8.04. The number of carbonyl (C=O) groups excluding carboxylic acids is 2. The highest BCUT2D eigenvalue weighted by Crippen LogP contribution is 2.21. The molecule has 1 atom stereocenters. The number of amides is 2. The summed E-state index contributed by atoms with van der Waals surface area (Å²) in [5.74, 6) is 0.771. The summed E-state index contributed by atoms with van der Waals surface area (Å²) in [6.07, 6.45) is 0.703. The Kier molecular flexibility index (Phi) is 9.25. The molecule has 0 heterocycles. The maximum Gasteiger partial charge on any atom is 0.242 e. The van der Waals surface area contributed by atoms with Crippen LogP contribution < -0.4 is 5.32 Å². The molecule has 0 aliphatic rings. The Morgan fingerprint density at radius 3 is 2.33 bits per heavy atom. The summed E-state index contributed by atoms with van der Waals surface area (Å²) >= 11 is 7.73. The SMILES string of the molecule is C[C@H](C(=O)NC(C)(C)C)N(CCc1ccccc1)C(=O)CSCc1ccccc1Cl. The van der Waals surface area contributed by atoms with Crippen LogP contribution in [0.5, 0.6) is 0 Å². The number of nitrogens with zero attached hydrogens (tertiary/aromatic N) is 1. The summed E-state index contributed by atoms with van der Waals surface area (Å²) in [5.41, 5.74) is 1.80. The first-order chi connectivity index (χ1) is 14.2. The van der Waals surface area contributed by atoms with Crippen molar-refractivity contribution in [1.29, 1.82) is 0 Å². The van der Waals surface area contributed by atoms with E-state index in [1.807, 2.05) is 75.4 Å². The minimum absolute atomic E-state index is 0.0421. The van der Waals surface area contributed by atoms with E-state index in [1.54, 1.807) is 11.8 Å². The molecule has 0 aliphatic carbocycles. The van der Waals surface area contributed by atoms with Gasteiger partial charge in [0.15, 0.2) is 0 Å². The first kappa shape index (κ1) is 24.3. The monoisotopic (exact) mass is 446 g/mol. The quantitative estimate of drug-likeness (QED) is 0.593. The fraction of sp³-hybridized carbons (Fsp3) is 0.417. The predicted molar refractivity (Wildman–Crippen MR) is 127 cm³/mol. The van der Waals surface area contributed by atoms with Crippen LogP contribution >= 0.6 is 23.4 Å². The number of hydrogen-bond donors (Lipinski definition) is 1.